The Hall–Kier alpha value is -0.370. The molecule has 1 saturated carbocycles. The van der Waals surface area contributed by atoms with Crippen molar-refractivity contribution in [1.82, 2.24) is 0 Å². The first-order chi connectivity index (χ1) is 5.71. The summed E-state index contributed by atoms with van der Waals surface area (Å²) in [4.78, 5) is 11.4. The standard InChI is InChI=1S/C10H18O2/c1-9(11)10(8-12-2)6-4-3-5-7-10/h3-8H2,1-2H3. The van der Waals surface area contributed by atoms with E-state index in [0.29, 0.717) is 12.4 Å². The van der Waals surface area contributed by atoms with Gasteiger partial charge in [0.25, 0.3) is 0 Å². The van der Waals surface area contributed by atoms with Crippen LogP contribution in [-0.2, 0) is 9.53 Å². The smallest absolute Gasteiger partial charge is 0.138 e. The number of hydrogen-bond acceptors (Lipinski definition) is 2. The van der Waals surface area contributed by atoms with Gasteiger partial charge in [0.1, 0.15) is 5.78 Å². The van der Waals surface area contributed by atoms with Crippen molar-refractivity contribution >= 4 is 5.78 Å². The molecule has 0 spiro atoms. The molecule has 0 aliphatic heterocycles. The summed E-state index contributed by atoms with van der Waals surface area (Å²) in [7, 11) is 1.68. The van der Waals surface area contributed by atoms with Crippen LogP contribution >= 0.6 is 0 Å². The van der Waals surface area contributed by atoms with Crippen LogP contribution in [0.1, 0.15) is 39.0 Å². The van der Waals surface area contributed by atoms with Gasteiger partial charge in [-0.05, 0) is 19.8 Å². The molecular formula is C10H18O2. The zero-order valence-corrected chi connectivity index (χ0v) is 8.06. The van der Waals surface area contributed by atoms with E-state index in [9.17, 15) is 4.79 Å². The van der Waals surface area contributed by atoms with Gasteiger partial charge in [0.2, 0.25) is 0 Å². The molecule has 1 aliphatic rings. The number of carbonyl (C=O) groups excluding carboxylic acids is 1. The fourth-order valence-corrected chi connectivity index (χ4v) is 2.10. The molecule has 0 atom stereocenters. The molecule has 0 N–H and O–H groups in total. The van der Waals surface area contributed by atoms with Crippen LogP contribution in [-0.4, -0.2) is 19.5 Å². The topological polar surface area (TPSA) is 26.3 Å². The minimum Gasteiger partial charge on any atom is -0.384 e. The van der Waals surface area contributed by atoms with E-state index < -0.39 is 0 Å². The summed E-state index contributed by atoms with van der Waals surface area (Å²) in [5.41, 5.74) is -0.132. The lowest BCUT2D eigenvalue weighted by atomic mass is 9.72. The van der Waals surface area contributed by atoms with Crippen molar-refractivity contribution in [3.8, 4) is 0 Å². The highest BCUT2D eigenvalue weighted by Gasteiger charge is 2.36. The molecule has 0 heterocycles. The fourth-order valence-electron chi connectivity index (χ4n) is 2.10. The maximum absolute atomic E-state index is 11.4. The molecule has 1 fully saturated rings. The SMILES string of the molecule is COCC1(C(C)=O)CCCCC1. The molecule has 0 unspecified atom stereocenters. The quantitative estimate of drug-likeness (QED) is 0.649. The number of Topliss-reactive ketones (excluding diaryl/α,β-unsaturated/α-hetero) is 1. The van der Waals surface area contributed by atoms with Crippen molar-refractivity contribution in [2.75, 3.05) is 13.7 Å². The van der Waals surface area contributed by atoms with Crippen molar-refractivity contribution in [2.45, 2.75) is 39.0 Å². The van der Waals surface area contributed by atoms with Crippen LogP contribution in [0, 0.1) is 5.41 Å². The first-order valence-corrected chi connectivity index (χ1v) is 4.71. The summed E-state index contributed by atoms with van der Waals surface area (Å²) in [6.07, 6.45) is 5.69. The van der Waals surface area contributed by atoms with E-state index in [1.807, 2.05) is 0 Å². The Bertz CT molecular complexity index is 152. The monoisotopic (exact) mass is 170 g/mol. The Balaban J connectivity index is 2.63. The lowest BCUT2D eigenvalue weighted by Crippen LogP contribution is -2.36. The molecule has 0 aromatic heterocycles. The summed E-state index contributed by atoms with van der Waals surface area (Å²) in [5.74, 6) is 0.309. The molecule has 0 bridgehead atoms. The van der Waals surface area contributed by atoms with Crippen LogP contribution in [0.15, 0.2) is 0 Å². The van der Waals surface area contributed by atoms with Gasteiger partial charge in [-0.15, -0.1) is 0 Å². The second-order valence-corrected chi connectivity index (χ2v) is 3.83. The number of carbonyl (C=O) groups is 1. The lowest BCUT2D eigenvalue weighted by molar-refractivity contribution is -0.131. The second kappa shape index (κ2) is 4.04. The van der Waals surface area contributed by atoms with E-state index in [2.05, 4.69) is 0 Å². The Morgan fingerprint density at radius 3 is 2.33 bits per heavy atom. The van der Waals surface area contributed by atoms with Crippen LogP contribution in [0.4, 0.5) is 0 Å². The molecule has 0 amide bonds. The van der Waals surface area contributed by atoms with Crippen LogP contribution in [0.2, 0.25) is 0 Å². The number of rotatable bonds is 3. The zero-order chi connectivity index (χ0) is 9.03. The molecule has 12 heavy (non-hydrogen) atoms. The highest BCUT2D eigenvalue weighted by Crippen LogP contribution is 2.37. The number of ether oxygens (including phenoxy) is 1. The Morgan fingerprint density at radius 2 is 1.92 bits per heavy atom. The van der Waals surface area contributed by atoms with Gasteiger partial charge in [0.15, 0.2) is 0 Å². The molecule has 0 aromatic carbocycles. The van der Waals surface area contributed by atoms with Gasteiger partial charge >= 0.3 is 0 Å². The van der Waals surface area contributed by atoms with E-state index in [-0.39, 0.29) is 5.41 Å². The van der Waals surface area contributed by atoms with Gasteiger partial charge < -0.3 is 4.74 Å². The van der Waals surface area contributed by atoms with Crippen molar-refractivity contribution in [1.29, 1.82) is 0 Å². The molecule has 0 saturated heterocycles. The van der Waals surface area contributed by atoms with Crippen LogP contribution in [0.25, 0.3) is 0 Å². The van der Waals surface area contributed by atoms with Crippen LogP contribution in [0.5, 0.6) is 0 Å². The zero-order valence-electron chi connectivity index (χ0n) is 8.06. The molecule has 70 valence electrons. The number of methoxy groups -OCH3 is 1. The third-order valence-electron chi connectivity index (χ3n) is 2.98. The van der Waals surface area contributed by atoms with Gasteiger partial charge in [-0.2, -0.15) is 0 Å². The van der Waals surface area contributed by atoms with E-state index >= 15 is 0 Å². The van der Waals surface area contributed by atoms with Crippen molar-refractivity contribution in [3.05, 3.63) is 0 Å². The average molecular weight is 170 g/mol. The molecule has 2 heteroatoms. The molecule has 1 aliphatic carbocycles. The highest BCUT2D eigenvalue weighted by molar-refractivity contribution is 5.82. The summed E-state index contributed by atoms with van der Waals surface area (Å²) < 4.78 is 5.13. The van der Waals surface area contributed by atoms with Crippen molar-refractivity contribution in [3.63, 3.8) is 0 Å². The Morgan fingerprint density at radius 1 is 1.33 bits per heavy atom. The van der Waals surface area contributed by atoms with Gasteiger partial charge in [0, 0.05) is 7.11 Å². The van der Waals surface area contributed by atoms with E-state index in [0.717, 1.165) is 12.8 Å². The Labute approximate surface area is 74.3 Å². The minimum absolute atomic E-state index is 0.132. The average Bonchev–Trinajstić information content (AvgIpc) is 2.06. The van der Waals surface area contributed by atoms with Gasteiger partial charge in [0.05, 0.1) is 12.0 Å². The molecule has 0 aromatic rings. The number of ketones is 1. The van der Waals surface area contributed by atoms with Crippen molar-refractivity contribution < 1.29 is 9.53 Å². The van der Waals surface area contributed by atoms with Gasteiger partial charge in [-0.3, -0.25) is 4.79 Å². The number of hydrogen-bond donors (Lipinski definition) is 0. The van der Waals surface area contributed by atoms with Crippen LogP contribution < -0.4 is 0 Å². The molecule has 0 radical (unpaired) electrons. The summed E-state index contributed by atoms with van der Waals surface area (Å²) in [6, 6.07) is 0. The normalized spacial score (nSPS) is 22.2. The van der Waals surface area contributed by atoms with Crippen LogP contribution in [0.3, 0.4) is 0 Å². The highest BCUT2D eigenvalue weighted by atomic mass is 16.5. The first kappa shape index (κ1) is 9.72. The molecule has 2 nitrogen and oxygen atoms in total. The van der Waals surface area contributed by atoms with E-state index in [1.165, 1.54) is 19.3 Å². The van der Waals surface area contributed by atoms with Gasteiger partial charge in [-0.25, -0.2) is 0 Å². The summed E-state index contributed by atoms with van der Waals surface area (Å²) in [5, 5.41) is 0. The predicted octanol–water partition coefficient (Wildman–Crippen LogP) is 2.17. The first-order valence-electron chi connectivity index (χ1n) is 4.71. The summed E-state index contributed by atoms with van der Waals surface area (Å²) >= 11 is 0. The lowest BCUT2D eigenvalue weighted by Gasteiger charge is -2.34. The summed E-state index contributed by atoms with van der Waals surface area (Å²) in [6.45, 7) is 2.31. The predicted molar refractivity (Wildman–Crippen MR) is 48.1 cm³/mol. The van der Waals surface area contributed by atoms with E-state index in [4.69, 9.17) is 4.74 Å². The fraction of sp³-hybridized carbons (Fsp3) is 0.900. The van der Waals surface area contributed by atoms with Crippen molar-refractivity contribution in [2.24, 2.45) is 5.41 Å². The minimum atomic E-state index is -0.132. The Kier molecular flexibility index (Phi) is 3.27. The maximum Gasteiger partial charge on any atom is 0.138 e. The third-order valence-corrected chi connectivity index (χ3v) is 2.98. The molecular weight excluding hydrogens is 152 g/mol. The molecule has 1 rings (SSSR count). The second-order valence-electron chi connectivity index (χ2n) is 3.83. The van der Waals surface area contributed by atoms with Gasteiger partial charge in [-0.1, -0.05) is 19.3 Å². The van der Waals surface area contributed by atoms with E-state index in [1.54, 1.807) is 14.0 Å². The maximum atomic E-state index is 11.4. The largest absolute Gasteiger partial charge is 0.384 e. The third kappa shape index (κ3) is 1.86.